The molecular formula is C25H39F3N4O8S2. The standard InChI is InChI=1S/C25H39F3N4O8S2/c26-20-21(27)25(24(22(28)23(20)32-41(35)36)31-17-6-4-2-1-3-5-7-17)42(37,38)15-9-19(34)30-10-12-40-14-13-39-11-8-18(33)16-29/h17,31-32H,1-16,29H2,(H,30,34)(H,35,36). The van der Waals surface area contributed by atoms with Crippen molar-refractivity contribution in [3.63, 3.8) is 0 Å². The van der Waals surface area contributed by atoms with E-state index in [2.05, 4.69) is 10.6 Å². The molecule has 0 aliphatic heterocycles. The predicted octanol–water partition coefficient (Wildman–Crippen LogP) is 2.41. The smallest absolute Gasteiger partial charge is 0.259 e. The SMILES string of the molecule is NCC(=O)CCOCCOCCNC(=O)CCS(=O)(=O)c1c(F)c(F)c(NS(=O)O)c(F)c1NC1CCCCCCC1. The number of ketones is 1. The van der Waals surface area contributed by atoms with Gasteiger partial charge < -0.3 is 25.8 Å². The Kier molecular flexibility index (Phi) is 15.7. The maximum absolute atomic E-state index is 15.4. The van der Waals surface area contributed by atoms with Gasteiger partial charge >= 0.3 is 0 Å². The van der Waals surface area contributed by atoms with Crippen LogP contribution >= 0.6 is 0 Å². The highest BCUT2D eigenvalue weighted by Gasteiger charge is 2.34. The second-order valence-electron chi connectivity index (χ2n) is 9.70. The Labute approximate surface area is 246 Å². The summed E-state index contributed by atoms with van der Waals surface area (Å²) in [5, 5.41) is 5.14. The van der Waals surface area contributed by atoms with E-state index in [4.69, 9.17) is 19.8 Å². The van der Waals surface area contributed by atoms with Gasteiger partial charge in [-0.15, -0.1) is 0 Å². The molecule has 6 N–H and O–H groups in total. The van der Waals surface area contributed by atoms with Crippen molar-refractivity contribution in [2.24, 2.45) is 5.73 Å². The number of sulfone groups is 1. The summed E-state index contributed by atoms with van der Waals surface area (Å²) in [5.74, 6) is -7.27. The molecule has 0 saturated heterocycles. The molecule has 0 bridgehead atoms. The van der Waals surface area contributed by atoms with E-state index < -0.39 is 78.9 Å². The molecule has 1 fully saturated rings. The largest absolute Gasteiger partial charge is 0.379 e. The molecule has 17 heteroatoms. The van der Waals surface area contributed by atoms with E-state index in [-0.39, 0.29) is 51.7 Å². The van der Waals surface area contributed by atoms with E-state index in [1.807, 2.05) is 0 Å². The van der Waals surface area contributed by atoms with E-state index in [1.54, 1.807) is 4.72 Å². The molecule has 42 heavy (non-hydrogen) atoms. The molecule has 1 amide bonds. The lowest BCUT2D eigenvalue weighted by Crippen LogP contribution is -2.30. The van der Waals surface area contributed by atoms with Gasteiger partial charge in [-0.05, 0) is 12.8 Å². The van der Waals surface area contributed by atoms with Crippen molar-refractivity contribution in [3.05, 3.63) is 17.5 Å². The van der Waals surface area contributed by atoms with E-state index in [0.29, 0.717) is 12.8 Å². The number of rotatable bonds is 18. The lowest BCUT2D eigenvalue weighted by Gasteiger charge is -2.25. The molecule has 240 valence electrons. The maximum atomic E-state index is 15.4. The Hall–Kier alpha value is -2.31. The van der Waals surface area contributed by atoms with Crippen molar-refractivity contribution in [1.29, 1.82) is 0 Å². The summed E-state index contributed by atoms with van der Waals surface area (Å²) in [7, 11) is -4.75. The van der Waals surface area contributed by atoms with Crippen LogP contribution in [0.25, 0.3) is 0 Å². The number of nitrogens with one attached hydrogen (secondary N) is 3. The van der Waals surface area contributed by atoms with Crippen molar-refractivity contribution in [1.82, 2.24) is 5.32 Å². The van der Waals surface area contributed by atoms with E-state index in [0.717, 1.165) is 32.1 Å². The lowest BCUT2D eigenvalue weighted by atomic mass is 9.96. The van der Waals surface area contributed by atoms with Crippen LogP contribution in [0, 0.1) is 17.5 Å². The number of hydrogen-bond acceptors (Lipinski definition) is 9. The molecule has 0 heterocycles. The number of amides is 1. The zero-order valence-corrected chi connectivity index (χ0v) is 24.9. The van der Waals surface area contributed by atoms with Gasteiger partial charge in [0.05, 0.1) is 44.4 Å². The number of hydrogen-bond donors (Lipinski definition) is 5. The molecule has 0 radical (unpaired) electrons. The molecule has 1 aromatic rings. The summed E-state index contributed by atoms with van der Waals surface area (Å²) in [6, 6.07) is -0.451. The van der Waals surface area contributed by atoms with Crippen molar-refractivity contribution in [2.75, 3.05) is 55.3 Å². The number of carbonyl (C=O) groups excluding carboxylic acids is 2. The van der Waals surface area contributed by atoms with Gasteiger partial charge in [-0.1, -0.05) is 32.1 Å². The Bertz CT molecular complexity index is 1180. The summed E-state index contributed by atoms with van der Waals surface area (Å²) in [6.45, 7) is 0.641. The summed E-state index contributed by atoms with van der Waals surface area (Å²) in [4.78, 5) is 22.0. The lowest BCUT2D eigenvalue weighted by molar-refractivity contribution is -0.121. The average molecular weight is 645 g/mol. The molecule has 1 atom stereocenters. The highest BCUT2D eigenvalue weighted by atomic mass is 32.2. The minimum atomic E-state index is -4.75. The Morgan fingerprint density at radius 1 is 0.905 bits per heavy atom. The van der Waals surface area contributed by atoms with Crippen molar-refractivity contribution in [2.45, 2.75) is 68.7 Å². The fraction of sp³-hybridized carbons (Fsp3) is 0.680. The van der Waals surface area contributed by atoms with E-state index >= 15 is 8.78 Å². The molecule has 1 unspecified atom stereocenters. The van der Waals surface area contributed by atoms with Crippen molar-refractivity contribution < 1.29 is 49.4 Å². The third-order valence-electron chi connectivity index (χ3n) is 6.52. The average Bonchev–Trinajstić information content (AvgIpc) is 2.92. The van der Waals surface area contributed by atoms with Crippen molar-refractivity contribution in [3.8, 4) is 0 Å². The first-order valence-electron chi connectivity index (χ1n) is 13.7. The van der Waals surface area contributed by atoms with Crippen LogP contribution in [-0.2, 0) is 40.2 Å². The molecule has 1 aliphatic carbocycles. The molecular weight excluding hydrogens is 605 g/mol. The first-order chi connectivity index (χ1) is 20.0. The molecule has 12 nitrogen and oxygen atoms in total. The Morgan fingerprint density at radius 3 is 2.14 bits per heavy atom. The molecule has 0 spiro atoms. The van der Waals surface area contributed by atoms with Gasteiger partial charge in [-0.2, -0.15) is 0 Å². The zero-order chi connectivity index (χ0) is 31.1. The van der Waals surface area contributed by atoms with E-state index in [9.17, 15) is 26.6 Å². The fourth-order valence-electron chi connectivity index (χ4n) is 4.33. The van der Waals surface area contributed by atoms with E-state index in [1.165, 1.54) is 0 Å². The number of benzene rings is 1. The topological polar surface area (TPSA) is 186 Å². The number of ether oxygens (including phenoxy) is 2. The second-order valence-corrected chi connectivity index (χ2v) is 12.4. The van der Waals surface area contributed by atoms with Gasteiger partial charge in [0.1, 0.15) is 16.4 Å². The molecule has 0 aromatic heterocycles. The van der Waals surface area contributed by atoms with Gasteiger partial charge in [0.25, 0.3) is 11.3 Å². The van der Waals surface area contributed by atoms with Gasteiger partial charge in [-0.25, -0.2) is 25.8 Å². The number of halogens is 3. The van der Waals surface area contributed by atoms with Crippen LogP contribution in [0.3, 0.4) is 0 Å². The zero-order valence-electron chi connectivity index (χ0n) is 23.2. The first-order valence-corrected chi connectivity index (χ1v) is 16.4. The third-order valence-corrected chi connectivity index (χ3v) is 8.65. The summed E-state index contributed by atoms with van der Waals surface area (Å²) < 4.78 is 104. The second kappa shape index (κ2) is 18.4. The maximum Gasteiger partial charge on any atom is 0.259 e. The number of nitrogens with two attached hydrogens (primary N) is 1. The van der Waals surface area contributed by atoms with Gasteiger partial charge in [0.15, 0.2) is 27.3 Å². The van der Waals surface area contributed by atoms with Crippen LogP contribution in [0.4, 0.5) is 24.5 Å². The van der Waals surface area contributed by atoms with Gasteiger partial charge in [-0.3, -0.25) is 18.9 Å². The Morgan fingerprint density at radius 2 is 1.52 bits per heavy atom. The number of carbonyl (C=O) groups is 2. The summed E-state index contributed by atoms with van der Waals surface area (Å²) in [5.41, 5.74) is 3.05. The normalized spacial score (nSPS) is 15.5. The first kappa shape index (κ1) is 35.9. The van der Waals surface area contributed by atoms with Crippen molar-refractivity contribution >= 4 is 44.2 Å². The number of anilines is 2. The third kappa shape index (κ3) is 11.8. The molecule has 1 saturated carbocycles. The van der Waals surface area contributed by atoms with Crippen LogP contribution in [-0.4, -0.2) is 80.2 Å². The fourth-order valence-corrected chi connectivity index (χ4v) is 6.17. The molecule has 2 rings (SSSR count). The van der Waals surface area contributed by atoms with Crippen LogP contribution in [0.1, 0.15) is 57.8 Å². The highest BCUT2D eigenvalue weighted by Crippen LogP contribution is 2.38. The predicted molar refractivity (Wildman–Crippen MR) is 150 cm³/mol. The van der Waals surface area contributed by atoms with Gasteiger partial charge in [0, 0.05) is 25.4 Å². The van der Waals surface area contributed by atoms with Crippen LogP contribution in [0.15, 0.2) is 4.90 Å². The Balaban J connectivity index is 2.04. The molecule has 1 aromatic carbocycles. The molecule has 1 aliphatic rings. The van der Waals surface area contributed by atoms with Crippen LogP contribution in [0.2, 0.25) is 0 Å². The monoisotopic (exact) mass is 644 g/mol. The van der Waals surface area contributed by atoms with Crippen LogP contribution < -0.4 is 21.1 Å². The van der Waals surface area contributed by atoms with Crippen LogP contribution in [0.5, 0.6) is 0 Å². The quantitative estimate of drug-likeness (QED) is 0.0903. The minimum absolute atomic E-state index is 0.0231. The highest BCUT2D eigenvalue weighted by molar-refractivity contribution is 7.91. The minimum Gasteiger partial charge on any atom is -0.379 e. The summed E-state index contributed by atoms with van der Waals surface area (Å²) >= 11 is -2.97. The summed E-state index contributed by atoms with van der Waals surface area (Å²) in [6.07, 6.45) is 4.95. The number of Topliss-reactive ketones (excluding diaryl/α,β-unsaturated/α-hetero) is 1. The van der Waals surface area contributed by atoms with Gasteiger partial charge in [0.2, 0.25) is 5.91 Å².